The lowest BCUT2D eigenvalue weighted by atomic mass is 9.69. The molecular formula is C15H28O4. The quantitative estimate of drug-likeness (QED) is 0.634. The van der Waals surface area contributed by atoms with E-state index in [1.807, 2.05) is 13.8 Å². The van der Waals surface area contributed by atoms with Crippen LogP contribution in [-0.2, 0) is 9.59 Å². The Morgan fingerprint density at radius 3 is 2.11 bits per heavy atom. The minimum atomic E-state index is -0.924. The second-order valence-electron chi connectivity index (χ2n) is 6.12. The van der Waals surface area contributed by atoms with Crippen molar-refractivity contribution < 1.29 is 19.8 Å². The van der Waals surface area contributed by atoms with Crippen LogP contribution in [0.5, 0.6) is 0 Å². The van der Waals surface area contributed by atoms with Crippen molar-refractivity contribution in [2.24, 2.45) is 17.3 Å². The normalized spacial score (nSPS) is 16.1. The molecule has 0 aliphatic heterocycles. The van der Waals surface area contributed by atoms with Gasteiger partial charge >= 0.3 is 11.9 Å². The summed E-state index contributed by atoms with van der Waals surface area (Å²) in [7, 11) is 0. The number of carbonyl (C=O) groups is 2. The summed E-state index contributed by atoms with van der Waals surface area (Å²) in [6.45, 7) is 8.28. The molecule has 0 aromatic rings. The predicted octanol–water partition coefficient (Wildman–Crippen LogP) is 3.79. The lowest BCUT2D eigenvalue weighted by molar-refractivity contribution is -0.148. The molecule has 0 aliphatic carbocycles. The number of hydrogen-bond donors (Lipinski definition) is 2. The fourth-order valence-electron chi connectivity index (χ4n) is 2.55. The Hall–Kier alpha value is -1.06. The third-order valence-electron chi connectivity index (χ3n) is 4.12. The summed E-state index contributed by atoms with van der Waals surface area (Å²) in [4.78, 5) is 22.1. The zero-order valence-electron chi connectivity index (χ0n) is 12.6. The van der Waals surface area contributed by atoms with E-state index in [0.29, 0.717) is 5.92 Å². The molecule has 0 radical (unpaired) electrons. The molecule has 0 aliphatic rings. The van der Waals surface area contributed by atoms with E-state index in [1.165, 1.54) is 0 Å². The van der Waals surface area contributed by atoms with Gasteiger partial charge in [0.1, 0.15) is 0 Å². The molecule has 112 valence electrons. The van der Waals surface area contributed by atoms with Crippen molar-refractivity contribution in [1.82, 2.24) is 0 Å². The first-order valence-electron chi connectivity index (χ1n) is 7.17. The molecule has 0 saturated carbocycles. The summed E-state index contributed by atoms with van der Waals surface area (Å²) < 4.78 is 0. The van der Waals surface area contributed by atoms with Crippen LogP contribution in [0.1, 0.15) is 66.2 Å². The van der Waals surface area contributed by atoms with Crippen LogP contribution in [-0.4, -0.2) is 22.2 Å². The second kappa shape index (κ2) is 8.18. The summed E-state index contributed by atoms with van der Waals surface area (Å²) in [6, 6.07) is 0. The van der Waals surface area contributed by atoms with E-state index in [2.05, 4.69) is 13.8 Å². The monoisotopic (exact) mass is 272 g/mol. The average molecular weight is 272 g/mol. The maximum absolute atomic E-state index is 11.4. The Bertz CT molecular complexity index is 299. The fraction of sp³-hybridized carbons (Fsp3) is 0.867. The number of carboxylic acids is 2. The molecule has 0 aromatic carbocycles. The highest BCUT2D eigenvalue weighted by molar-refractivity contribution is 5.73. The highest BCUT2D eigenvalue weighted by Gasteiger charge is 2.37. The molecule has 2 unspecified atom stereocenters. The van der Waals surface area contributed by atoms with Crippen LogP contribution >= 0.6 is 0 Å². The van der Waals surface area contributed by atoms with Gasteiger partial charge in [0, 0.05) is 6.42 Å². The highest BCUT2D eigenvalue weighted by atomic mass is 16.4. The third kappa shape index (κ3) is 6.60. The predicted molar refractivity (Wildman–Crippen MR) is 75.1 cm³/mol. The molecule has 4 nitrogen and oxygen atoms in total. The molecule has 2 N–H and O–H groups in total. The van der Waals surface area contributed by atoms with Crippen LogP contribution in [0.4, 0.5) is 0 Å². The van der Waals surface area contributed by atoms with E-state index < -0.39 is 17.9 Å². The van der Waals surface area contributed by atoms with Gasteiger partial charge in [-0.3, -0.25) is 9.59 Å². The first kappa shape index (κ1) is 17.9. The van der Waals surface area contributed by atoms with Crippen LogP contribution in [0.3, 0.4) is 0 Å². The molecular weight excluding hydrogens is 244 g/mol. The van der Waals surface area contributed by atoms with Gasteiger partial charge in [-0.2, -0.15) is 0 Å². The number of aliphatic carboxylic acids is 2. The average Bonchev–Trinajstić information content (AvgIpc) is 2.27. The molecule has 0 saturated heterocycles. The van der Waals surface area contributed by atoms with Gasteiger partial charge in [0.2, 0.25) is 0 Å². The van der Waals surface area contributed by atoms with Crippen molar-refractivity contribution in [2.45, 2.75) is 66.2 Å². The fourth-order valence-corrected chi connectivity index (χ4v) is 2.55. The Labute approximate surface area is 116 Å². The maximum Gasteiger partial charge on any atom is 0.307 e. The Kier molecular flexibility index (Phi) is 7.72. The molecule has 0 aromatic heterocycles. The zero-order chi connectivity index (χ0) is 15.1. The van der Waals surface area contributed by atoms with E-state index in [4.69, 9.17) is 5.11 Å². The number of rotatable bonds is 10. The van der Waals surface area contributed by atoms with Crippen molar-refractivity contribution in [2.75, 3.05) is 0 Å². The Balaban J connectivity index is 4.69. The summed E-state index contributed by atoms with van der Waals surface area (Å²) in [5, 5.41) is 18.1. The topological polar surface area (TPSA) is 74.6 Å². The molecule has 0 spiro atoms. The van der Waals surface area contributed by atoms with E-state index >= 15 is 0 Å². The smallest absolute Gasteiger partial charge is 0.307 e. The van der Waals surface area contributed by atoms with Gasteiger partial charge in [-0.25, -0.2) is 0 Å². The largest absolute Gasteiger partial charge is 0.481 e. The van der Waals surface area contributed by atoms with Crippen molar-refractivity contribution in [3.05, 3.63) is 0 Å². The van der Waals surface area contributed by atoms with Gasteiger partial charge in [0.15, 0.2) is 0 Å². The minimum absolute atomic E-state index is 0.0727. The van der Waals surface area contributed by atoms with Crippen molar-refractivity contribution in [1.29, 1.82) is 0 Å². The first-order valence-corrected chi connectivity index (χ1v) is 7.17. The van der Waals surface area contributed by atoms with Gasteiger partial charge in [-0.1, -0.05) is 40.5 Å². The Morgan fingerprint density at radius 2 is 1.74 bits per heavy atom. The van der Waals surface area contributed by atoms with Crippen molar-refractivity contribution in [3.63, 3.8) is 0 Å². The van der Waals surface area contributed by atoms with Gasteiger partial charge in [0.05, 0.1) is 5.92 Å². The first-order chi connectivity index (χ1) is 8.73. The minimum Gasteiger partial charge on any atom is -0.481 e. The molecule has 0 amide bonds. The molecule has 4 heteroatoms. The maximum atomic E-state index is 11.4. The lowest BCUT2D eigenvalue weighted by Gasteiger charge is -2.34. The van der Waals surface area contributed by atoms with Gasteiger partial charge in [0.25, 0.3) is 0 Å². The van der Waals surface area contributed by atoms with Gasteiger partial charge in [-0.05, 0) is 30.6 Å². The molecule has 0 rings (SSSR count). The van der Waals surface area contributed by atoms with E-state index in [-0.39, 0.29) is 18.3 Å². The van der Waals surface area contributed by atoms with Crippen LogP contribution in [0, 0.1) is 17.3 Å². The van der Waals surface area contributed by atoms with Crippen molar-refractivity contribution in [3.8, 4) is 0 Å². The summed E-state index contributed by atoms with van der Waals surface area (Å²) in [5.74, 6) is -1.74. The molecule has 2 atom stereocenters. The standard InChI is InChI=1S/C15H28O4/c1-5-15(4,10-6-7-11(2)3)12(14(18)19)8-9-13(16)17/h11-12H,5-10H2,1-4H3,(H,16,17)(H,18,19). The SMILES string of the molecule is CCC(C)(CCCC(C)C)C(CCC(=O)O)C(=O)O. The molecule has 0 heterocycles. The van der Waals surface area contributed by atoms with Crippen molar-refractivity contribution >= 4 is 11.9 Å². The lowest BCUT2D eigenvalue weighted by Crippen LogP contribution is -2.33. The molecule has 0 fully saturated rings. The van der Waals surface area contributed by atoms with Gasteiger partial charge in [-0.15, -0.1) is 0 Å². The summed E-state index contributed by atoms with van der Waals surface area (Å²) in [5.41, 5.74) is -0.309. The van der Waals surface area contributed by atoms with E-state index in [0.717, 1.165) is 25.7 Å². The third-order valence-corrected chi connectivity index (χ3v) is 4.12. The van der Waals surface area contributed by atoms with Crippen LogP contribution in [0.15, 0.2) is 0 Å². The summed E-state index contributed by atoms with van der Waals surface area (Å²) >= 11 is 0. The van der Waals surface area contributed by atoms with E-state index in [1.54, 1.807) is 0 Å². The number of carboxylic acid groups (broad SMARTS) is 2. The van der Waals surface area contributed by atoms with Crippen LogP contribution in [0.25, 0.3) is 0 Å². The molecule has 19 heavy (non-hydrogen) atoms. The summed E-state index contributed by atoms with van der Waals surface area (Å²) in [6.07, 6.45) is 3.84. The van der Waals surface area contributed by atoms with Crippen LogP contribution < -0.4 is 0 Å². The zero-order valence-corrected chi connectivity index (χ0v) is 12.6. The van der Waals surface area contributed by atoms with Gasteiger partial charge < -0.3 is 10.2 Å². The van der Waals surface area contributed by atoms with Crippen LogP contribution in [0.2, 0.25) is 0 Å². The molecule has 0 bridgehead atoms. The number of hydrogen-bond acceptors (Lipinski definition) is 2. The second-order valence-corrected chi connectivity index (χ2v) is 6.12. The Morgan fingerprint density at radius 1 is 1.16 bits per heavy atom. The van der Waals surface area contributed by atoms with E-state index in [9.17, 15) is 14.7 Å². The highest BCUT2D eigenvalue weighted by Crippen LogP contribution is 2.39.